The van der Waals surface area contributed by atoms with E-state index in [0.29, 0.717) is 5.82 Å². The number of nitrogens with one attached hydrogen (secondary N) is 1. The number of hydrogen-bond acceptors (Lipinski definition) is 2. The summed E-state index contributed by atoms with van der Waals surface area (Å²) >= 11 is 0. The molecule has 0 bridgehead atoms. The molecule has 1 fully saturated rings. The topological polar surface area (TPSA) is 50.8 Å². The maximum absolute atomic E-state index is 12.0. The molecular weight excluding hydrogens is 312 g/mol. The highest BCUT2D eigenvalue weighted by Crippen LogP contribution is 2.30. The zero-order valence-electron chi connectivity index (χ0n) is 13.9. The Kier molecular flexibility index (Phi) is 3.73. The highest BCUT2D eigenvalue weighted by atomic mass is 16.2. The zero-order chi connectivity index (χ0) is 17.4. The molecule has 1 aromatic carbocycles. The molecular formula is C20H18N4O. The maximum Gasteiger partial charge on any atom is 0.245 e. The minimum Gasteiger partial charge on any atom is -0.309 e. The smallest absolute Gasteiger partial charge is 0.245 e. The number of hydrogen-bond donors (Lipinski definition) is 1. The number of amides is 1. The van der Waals surface area contributed by atoms with Crippen molar-refractivity contribution in [2.24, 2.45) is 5.92 Å². The molecule has 124 valence electrons. The molecule has 0 aliphatic heterocycles. The number of benzene rings is 1. The summed E-state index contributed by atoms with van der Waals surface area (Å²) < 4.78 is 1.98. The summed E-state index contributed by atoms with van der Waals surface area (Å²) in [5, 5.41) is 2.90. The minimum absolute atomic E-state index is 0.0578. The molecule has 0 radical (unpaired) electrons. The number of pyridine rings is 1. The molecule has 1 aliphatic rings. The van der Waals surface area contributed by atoms with Gasteiger partial charge in [-0.15, -0.1) is 0 Å². The molecule has 0 saturated heterocycles. The van der Waals surface area contributed by atoms with Crippen LogP contribution in [0.4, 0.5) is 5.82 Å². The summed E-state index contributed by atoms with van der Waals surface area (Å²) in [4.78, 5) is 20.0. The van der Waals surface area contributed by atoms with Gasteiger partial charge in [-0.25, -0.2) is 11.6 Å². The van der Waals surface area contributed by atoms with Crippen LogP contribution < -0.4 is 5.32 Å². The van der Waals surface area contributed by atoms with Crippen molar-refractivity contribution < 1.29 is 4.79 Å². The number of anilines is 1. The van der Waals surface area contributed by atoms with E-state index >= 15 is 0 Å². The van der Waals surface area contributed by atoms with E-state index < -0.39 is 0 Å². The van der Waals surface area contributed by atoms with Gasteiger partial charge in [0.05, 0.1) is 11.9 Å². The third-order valence-electron chi connectivity index (χ3n) is 4.57. The first-order valence-electron chi connectivity index (χ1n) is 8.41. The molecule has 2 heterocycles. The molecule has 0 spiro atoms. The normalized spacial score (nSPS) is 14.9. The molecule has 25 heavy (non-hydrogen) atoms. The van der Waals surface area contributed by atoms with Crippen molar-refractivity contribution >= 4 is 17.4 Å². The van der Waals surface area contributed by atoms with E-state index in [4.69, 9.17) is 6.57 Å². The van der Waals surface area contributed by atoms with Crippen LogP contribution in [0.2, 0.25) is 0 Å². The zero-order valence-corrected chi connectivity index (χ0v) is 13.9. The lowest BCUT2D eigenvalue weighted by Crippen LogP contribution is -2.13. The van der Waals surface area contributed by atoms with Crippen molar-refractivity contribution in [3.8, 4) is 11.3 Å². The third-order valence-corrected chi connectivity index (χ3v) is 4.57. The second-order valence-electron chi connectivity index (χ2n) is 6.46. The van der Waals surface area contributed by atoms with E-state index in [1.807, 2.05) is 60.0 Å². The minimum atomic E-state index is -0.137. The van der Waals surface area contributed by atoms with Crippen LogP contribution >= 0.6 is 0 Å². The monoisotopic (exact) mass is 330 g/mol. The van der Waals surface area contributed by atoms with E-state index in [1.165, 1.54) is 0 Å². The summed E-state index contributed by atoms with van der Waals surface area (Å²) in [5.74, 6) is 0.798. The van der Waals surface area contributed by atoms with Gasteiger partial charge < -0.3 is 10.2 Å². The number of nitrogens with zero attached hydrogens (tertiary/aromatic N) is 3. The second-order valence-corrected chi connectivity index (χ2v) is 6.46. The molecule has 1 atom stereocenters. The Hall–Kier alpha value is -3.13. The molecule has 1 saturated carbocycles. The Morgan fingerprint density at radius 2 is 2.04 bits per heavy atom. The third kappa shape index (κ3) is 2.99. The van der Waals surface area contributed by atoms with Crippen molar-refractivity contribution in [2.45, 2.75) is 25.8 Å². The molecule has 3 aromatic rings. The largest absolute Gasteiger partial charge is 0.309 e. The average molecular weight is 330 g/mol. The van der Waals surface area contributed by atoms with Gasteiger partial charge in [0.2, 0.25) is 11.9 Å². The van der Waals surface area contributed by atoms with Crippen LogP contribution in [0.5, 0.6) is 0 Å². The fourth-order valence-electron chi connectivity index (χ4n) is 2.89. The average Bonchev–Trinajstić information content (AvgIpc) is 3.41. The van der Waals surface area contributed by atoms with Gasteiger partial charge in [0.15, 0.2) is 5.82 Å². The first-order chi connectivity index (χ1) is 12.2. The molecule has 2 aromatic heterocycles. The van der Waals surface area contributed by atoms with Crippen molar-refractivity contribution in [1.82, 2.24) is 9.38 Å². The molecule has 5 nitrogen and oxygen atoms in total. The van der Waals surface area contributed by atoms with Gasteiger partial charge >= 0.3 is 0 Å². The van der Waals surface area contributed by atoms with Crippen molar-refractivity contribution in [3.05, 3.63) is 65.6 Å². The SMILES string of the molecule is [C-]#[N+]C(C)c1ccc(-c2cccc3nc(NC(=O)C4CC4)cn23)cc1. The molecule has 1 amide bonds. The Bertz CT molecular complexity index is 977. The molecule has 1 N–H and O–H groups in total. The Morgan fingerprint density at radius 3 is 2.72 bits per heavy atom. The molecule has 4 rings (SSSR count). The van der Waals surface area contributed by atoms with Gasteiger partial charge in [-0.1, -0.05) is 30.3 Å². The predicted molar refractivity (Wildman–Crippen MR) is 97.0 cm³/mol. The first-order valence-corrected chi connectivity index (χ1v) is 8.41. The number of rotatable bonds is 4. The molecule has 5 heteroatoms. The lowest BCUT2D eigenvalue weighted by atomic mass is 10.0. The van der Waals surface area contributed by atoms with Crippen molar-refractivity contribution in [1.29, 1.82) is 0 Å². The quantitative estimate of drug-likeness (QED) is 0.724. The first kappa shape index (κ1) is 15.4. The summed E-state index contributed by atoms with van der Waals surface area (Å²) in [6.07, 6.45) is 3.81. The molecule has 1 aliphatic carbocycles. The van der Waals surface area contributed by atoms with E-state index in [2.05, 4.69) is 15.1 Å². The number of imidazole rings is 1. The second kappa shape index (κ2) is 6.06. The van der Waals surface area contributed by atoms with Crippen LogP contribution in [0.15, 0.2) is 48.7 Å². The van der Waals surface area contributed by atoms with Gasteiger partial charge in [-0.2, -0.15) is 0 Å². The van der Waals surface area contributed by atoms with Crippen LogP contribution in [-0.2, 0) is 4.79 Å². The Labute approximate surface area is 146 Å². The number of carbonyl (C=O) groups is 1. The van der Waals surface area contributed by atoms with Gasteiger partial charge in [0.1, 0.15) is 5.65 Å². The fraction of sp³-hybridized carbons (Fsp3) is 0.250. The fourth-order valence-corrected chi connectivity index (χ4v) is 2.89. The van der Waals surface area contributed by atoms with Crippen LogP contribution in [0.25, 0.3) is 21.7 Å². The van der Waals surface area contributed by atoms with Crippen LogP contribution in [-0.4, -0.2) is 15.3 Å². The van der Waals surface area contributed by atoms with E-state index in [0.717, 1.165) is 35.3 Å². The maximum atomic E-state index is 12.0. The number of fused-ring (bicyclic) bond motifs is 1. The van der Waals surface area contributed by atoms with Crippen molar-refractivity contribution in [2.75, 3.05) is 5.32 Å². The van der Waals surface area contributed by atoms with E-state index in [1.54, 1.807) is 0 Å². The lowest BCUT2D eigenvalue weighted by molar-refractivity contribution is -0.117. The highest BCUT2D eigenvalue weighted by molar-refractivity contribution is 5.93. The van der Waals surface area contributed by atoms with E-state index in [-0.39, 0.29) is 17.9 Å². The lowest BCUT2D eigenvalue weighted by Gasteiger charge is -2.07. The van der Waals surface area contributed by atoms with Crippen LogP contribution in [0.1, 0.15) is 31.4 Å². The number of carbonyl (C=O) groups excluding carboxylic acids is 1. The molecule has 1 unspecified atom stereocenters. The van der Waals surface area contributed by atoms with Gasteiger partial charge in [-0.3, -0.25) is 9.20 Å². The highest BCUT2D eigenvalue weighted by Gasteiger charge is 2.30. The Morgan fingerprint density at radius 1 is 1.28 bits per heavy atom. The van der Waals surface area contributed by atoms with Gasteiger partial charge in [0, 0.05) is 18.4 Å². The van der Waals surface area contributed by atoms with Gasteiger partial charge in [-0.05, 0) is 30.5 Å². The van der Waals surface area contributed by atoms with Crippen LogP contribution in [0.3, 0.4) is 0 Å². The van der Waals surface area contributed by atoms with Crippen LogP contribution in [0, 0.1) is 12.5 Å². The van der Waals surface area contributed by atoms with E-state index in [9.17, 15) is 4.79 Å². The van der Waals surface area contributed by atoms with Gasteiger partial charge in [0.25, 0.3) is 0 Å². The number of aromatic nitrogens is 2. The summed E-state index contributed by atoms with van der Waals surface area (Å²) in [6.45, 7) is 9.04. The predicted octanol–water partition coefficient (Wildman–Crippen LogP) is 4.33. The Balaban J connectivity index is 1.68. The summed E-state index contributed by atoms with van der Waals surface area (Å²) in [6, 6.07) is 13.8. The van der Waals surface area contributed by atoms with Crippen molar-refractivity contribution in [3.63, 3.8) is 0 Å². The summed E-state index contributed by atoms with van der Waals surface area (Å²) in [5.41, 5.74) is 3.85. The summed E-state index contributed by atoms with van der Waals surface area (Å²) in [7, 11) is 0. The standard InChI is InChI=1S/C20H18N4O/c1-13(21-2)14-6-8-15(9-7-14)17-4-3-5-19-22-18(12-24(17)19)23-20(25)16-10-11-16/h3-9,12-13,16H,10-11H2,1H3,(H,23,25).